The number of imide groups is 1. The van der Waals surface area contributed by atoms with Crippen molar-refractivity contribution >= 4 is 23.2 Å². The van der Waals surface area contributed by atoms with Crippen molar-refractivity contribution in [2.24, 2.45) is 0 Å². The highest BCUT2D eigenvalue weighted by Crippen LogP contribution is 2.18. The maximum atomic E-state index is 11.5. The number of imidazole rings is 1. The van der Waals surface area contributed by atoms with Crippen molar-refractivity contribution in [3.8, 4) is 0 Å². The molecule has 0 fully saturated rings. The summed E-state index contributed by atoms with van der Waals surface area (Å²) in [7, 11) is 0. The molecule has 6 heteroatoms. The van der Waals surface area contributed by atoms with Crippen LogP contribution in [0, 0.1) is 0 Å². The Morgan fingerprint density at radius 3 is 2.88 bits per heavy atom. The van der Waals surface area contributed by atoms with Gasteiger partial charge in [-0.15, -0.1) is 0 Å². The van der Waals surface area contributed by atoms with Gasteiger partial charge in [-0.25, -0.2) is 9.97 Å². The molecule has 1 N–H and O–H groups in total. The number of amides is 2. The fourth-order valence-electron chi connectivity index (χ4n) is 1.63. The lowest BCUT2D eigenvalue weighted by Crippen LogP contribution is -2.22. The first kappa shape index (κ1) is 8.78. The maximum Gasteiger partial charge on any atom is 0.260 e. The van der Waals surface area contributed by atoms with Gasteiger partial charge in [0.05, 0.1) is 17.5 Å². The summed E-state index contributed by atoms with van der Waals surface area (Å²) in [6, 6.07) is 1.73. The quantitative estimate of drug-likeness (QED) is 0.665. The zero-order chi connectivity index (χ0) is 11.1. The van der Waals surface area contributed by atoms with Gasteiger partial charge in [0.15, 0.2) is 0 Å². The van der Waals surface area contributed by atoms with Gasteiger partial charge in [0.2, 0.25) is 5.78 Å². The van der Waals surface area contributed by atoms with E-state index >= 15 is 0 Å². The van der Waals surface area contributed by atoms with E-state index in [1.807, 2.05) is 0 Å². The first-order chi connectivity index (χ1) is 7.75. The third-order valence-corrected chi connectivity index (χ3v) is 2.32. The molecule has 1 aliphatic rings. The fraction of sp³-hybridized carbons (Fsp3) is 0. The SMILES string of the molecule is O=C1C=C(c2cnc3ncccn23)C(=O)N1. The lowest BCUT2D eigenvalue weighted by molar-refractivity contribution is -0.123. The van der Waals surface area contributed by atoms with Crippen molar-refractivity contribution in [1.29, 1.82) is 0 Å². The smallest absolute Gasteiger partial charge is 0.260 e. The van der Waals surface area contributed by atoms with Gasteiger partial charge in [0.25, 0.3) is 11.8 Å². The third kappa shape index (κ3) is 1.13. The summed E-state index contributed by atoms with van der Waals surface area (Å²) in [6.45, 7) is 0. The maximum absolute atomic E-state index is 11.5. The zero-order valence-electron chi connectivity index (χ0n) is 8.04. The minimum Gasteiger partial charge on any atom is -0.289 e. The summed E-state index contributed by atoms with van der Waals surface area (Å²) in [5.74, 6) is -0.319. The van der Waals surface area contributed by atoms with Crippen LogP contribution in [-0.4, -0.2) is 26.2 Å². The Labute approximate surface area is 89.6 Å². The van der Waals surface area contributed by atoms with Crippen LogP contribution in [0.3, 0.4) is 0 Å². The van der Waals surface area contributed by atoms with Gasteiger partial charge in [-0.05, 0) is 6.07 Å². The average Bonchev–Trinajstić information content (AvgIpc) is 2.81. The van der Waals surface area contributed by atoms with E-state index in [9.17, 15) is 9.59 Å². The highest BCUT2D eigenvalue weighted by molar-refractivity contribution is 6.33. The van der Waals surface area contributed by atoms with E-state index in [4.69, 9.17) is 0 Å². The van der Waals surface area contributed by atoms with Crippen LogP contribution in [-0.2, 0) is 9.59 Å². The summed E-state index contributed by atoms with van der Waals surface area (Å²) in [5, 5.41) is 2.19. The van der Waals surface area contributed by atoms with E-state index < -0.39 is 11.8 Å². The molecular weight excluding hydrogens is 208 g/mol. The number of fused-ring (bicyclic) bond motifs is 1. The number of nitrogens with one attached hydrogen (secondary N) is 1. The van der Waals surface area contributed by atoms with Crippen LogP contribution in [0.25, 0.3) is 11.4 Å². The lowest BCUT2D eigenvalue weighted by atomic mass is 10.2. The summed E-state index contributed by atoms with van der Waals surface area (Å²) < 4.78 is 1.66. The van der Waals surface area contributed by atoms with E-state index in [0.717, 1.165) is 0 Å². The van der Waals surface area contributed by atoms with E-state index in [2.05, 4.69) is 15.3 Å². The van der Waals surface area contributed by atoms with Crippen LogP contribution in [0.4, 0.5) is 0 Å². The van der Waals surface area contributed by atoms with Crippen LogP contribution in [0.5, 0.6) is 0 Å². The largest absolute Gasteiger partial charge is 0.289 e. The summed E-state index contributed by atoms with van der Waals surface area (Å²) in [6.07, 6.45) is 6.13. The first-order valence-electron chi connectivity index (χ1n) is 4.61. The van der Waals surface area contributed by atoms with Crippen molar-refractivity contribution in [3.05, 3.63) is 36.4 Å². The molecule has 0 unspecified atom stereocenters. The Morgan fingerprint density at radius 1 is 1.25 bits per heavy atom. The molecule has 6 nitrogen and oxygen atoms in total. The molecule has 3 heterocycles. The van der Waals surface area contributed by atoms with Crippen molar-refractivity contribution < 1.29 is 9.59 Å². The average molecular weight is 214 g/mol. The molecule has 0 saturated heterocycles. The summed E-state index contributed by atoms with van der Waals surface area (Å²) in [4.78, 5) is 30.6. The lowest BCUT2D eigenvalue weighted by Gasteiger charge is -1.98. The van der Waals surface area contributed by atoms with Gasteiger partial charge in [-0.3, -0.25) is 19.3 Å². The molecule has 0 atom stereocenters. The number of rotatable bonds is 1. The fourth-order valence-corrected chi connectivity index (χ4v) is 1.63. The molecule has 0 saturated carbocycles. The molecule has 0 radical (unpaired) electrons. The monoisotopic (exact) mass is 214 g/mol. The van der Waals surface area contributed by atoms with Crippen LogP contribution < -0.4 is 5.32 Å². The minimum atomic E-state index is -0.407. The minimum absolute atomic E-state index is 0.311. The van der Waals surface area contributed by atoms with Crippen molar-refractivity contribution in [3.63, 3.8) is 0 Å². The standard InChI is InChI=1S/C10H6N4O2/c15-8-4-6(9(16)13-8)7-5-12-10-11-2-1-3-14(7)10/h1-5H,(H,13,15,16). The molecule has 78 valence electrons. The van der Waals surface area contributed by atoms with Crippen molar-refractivity contribution in [2.45, 2.75) is 0 Å². The van der Waals surface area contributed by atoms with Gasteiger partial charge in [-0.2, -0.15) is 0 Å². The highest BCUT2D eigenvalue weighted by Gasteiger charge is 2.24. The highest BCUT2D eigenvalue weighted by atomic mass is 16.2. The molecule has 0 spiro atoms. The number of carbonyl (C=O) groups is 2. The second-order valence-electron chi connectivity index (χ2n) is 3.31. The van der Waals surface area contributed by atoms with Crippen LogP contribution in [0.15, 0.2) is 30.7 Å². The van der Waals surface area contributed by atoms with E-state index in [1.165, 1.54) is 12.3 Å². The Kier molecular flexibility index (Phi) is 1.64. The second kappa shape index (κ2) is 2.99. The molecule has 2 aromatic heterocycles. The molecular formula is C10H6N4O2. The van der Waals surface area contributed by atoms with Gasteiger partial charge in [-0.1, -0.05) is 0 Å². The Balaban J connectivity index is 2.24. The van der Waals surface area contributed by atoms with Crippen LogP contribution in [0.1, 0.15) is 5.69 Å². The van der Waals surface area contributed by atoms with Gasteiger partial charge >= 0.3 is 0 Å². The first-order valence-corrected chi connectivity index (χ1v) is 4.61. The Hall–Kier alpha value is -2.50. The predicted molar refractivity (Wildman–Crippen MR) is 54.1 cm³/mol. The molecule has 0 aliphatic carbocycles. The molecule has 0 bridgehead atoms. The van der Waals surface area contributed by atoms with E-state index in [1.54, 1.807) is 22.9 Å². The van der Waals surface area contributed by atoms with Crippen LogP contribution >= 0.6 is 0 Å². The normalized spacial score (nSPS) is 15.4. The number of hydrogen-bond acceptors (Lipinski definition) is 4. The van der Waals surface area contributed by atoms with Crippen molar-refractivity contribution in [2.75, 3.05) is 0 Å². The predicted octanol–water partition coefficient (Wildman–Crippen LogP) is -0.231. The van der Waals surface area contributed by atoms with Crippen LogP contribution in [0.2, 0.25) is 0 Å². The van der Waals surface area contributed by atoms with Gasteiger partial charge < -0.3 is 0 Å². The molecule has 1 aliphatic heterocycles. The zero-order valence-corrected chi connectivity index (χ0v) is 8.04. The number of hydrogen-bond donors (Lipinski definition) is 1. The molecule has 16 heavy (non-hydrogen) atoms. The Bertz CT molecular complexity index is 641. The van der Waals surface area contributed by atoms with Crippen molar-refractivity contribution in [1.82, 2.24) is 19.7 Å². The number of aromatic nitrogens is 3. The topological polar surface area (TPSA) is 76.4 Å². The van der Waals surface area contributed by atoms with E-state index in [0.29, 0.717) is 17.0 Å². The molecule has 2 aromatic rings. The van der Waals surface area contributed by atoms with E-state index in [-0.39, 0.29) is 0 Å². The van der Waals surface area contributed by atoms with Gasteiger partial charge in [0, 0.05) is 18.5 Å². The molecule has 2 amide bonds. The molecule has 3 rings (SSSR count). The second-order valence-corrected chi connectivity index (χ2v) is 3.31. The summed E-state index contributed by atoms with van der Waals surface area (Å²) in [5.41, 5.74) is 0.872. The molecule has 0 aromatic carbocycles. The number of nitrogens with zero attached hydrogens (tertiary/aromatic N) is 3. The summed E-state index contributed by atoms with van der Waals surface area (Å²) >= 11 is 0. The Morgan fingerprint density at radius 2 is 2.12 bits per heavy atom. The number of carbonyl (C=O) groups excluding carboxylic acids is 2. The van der Waals surface area contributed by atoms with Gasteiger partial charge in [0.1, 0.15) is 0 Å². The third-order valence-electron chi connectivity index (χ3n) is 2.32.